The van der Waals surface area contributed by atoms with E-state index in [0.717, 1.165) is 50.1 Å². The molecule has 0 aliphatic rings. The number of hydrogen-bond acceptors (Lipinski definition) is 35. The van der Waals surface area contributed by atoms with Crippen LogP contribution in [0.4, 0.5) is 121 Å². The summed E-state index contributed by atoms with van der Waals surface area (Å²) in [5.41, 5.74) is 108. The van der Waals surface area contributed by atoms with E-state index in [0.29, 0.717) is 74.7 Å². The number of aromatic hydroxyl groups is 1. The van der Waals surface area contributed by atoms with Crippen molar-refractivity contribution in [2.24, 2.45) is 0 Å². The predicted octanol–water partition coefficient (Wildman–Crippen LogP) is 9.02. The Bertz CT molecular complexity index is 4520. The van der Waals surface area contributed by atoms with Gasteiger partial charge in [0.1, 0.15) is 22.9 Å². The molecule has 8 aromatic heterocycles. The van der Waals surface area contributed by atoms with Crippen LogP contribution in [-0.2, 0) is 0 Å². The van der Waals surface area contributed by atoms with E-state index in [4.69, 9.17) is 119 Å². The smallest absolute Gasteiger partial charge is 0.337 e. The first kappa shape index (κ1) is 96.4. The number of para-hydroxylation sites is 11. The van der Waals surface area contributed by atoms with E-state index in [1.165, 1.54) is 41.9 Å². The number of H-pyrrole nitrogens is 2. The number of carbonyl (C=O) groups is 1. The quantitative estimate of drug-likeness (QED) is 0.0338. The van der Waals surface area contributed by atoms with Crippen LogP contribution >= 0.6 is 12.6 Å². The Morgan fingerprint density at radius 2 is 0.922 bits per heavy atom. The number of nitrogens with one attached hydrogen (secondary N) is 5. The lowest BCUT2D eigenvalue weighted by molar-refractivity contribution is 0.0698. The highest BCUT2D eigenvalue weighted by Crippen LogP contribution is 2.21. The second-order valence-corrected chi connectivity index (χ2v) is 22.1. The van der Waals surface area contributed by atoms with Gasteiger partial charge in [-0.05, 0) is 115 Å². The molecule has 0 aliphatic carbocycles. The second kappa shape index (κ2) is 55.8. The number of aromatic carboxylic acids is 1. The second-order valence-electron chi connectivity index (χ2n) is 21.6. The third-order valence-electron chi connectivity index (χ3n) is 13.3. The summed E-state index contributed by atoms with van der Waals surface area (Å²) in [6, 6.07) is 59.8. The molecule has 45 N–H and O–H groups in total. The third kappa shape index (κ3) is 40.8. The summed E-state index contributed by atoms with van der Waals surface area (Å²) in [5.74, 6) is 6.53. The summed E-state index contributed by atoms with van der Waals surface area (Å²) >= 11 is 4.07. The highest BCUT2D eigenvalue weighted by Gasteiger charge is 2.04. The number of hydrogen-bond donors (Lipinski definition) is 27. The lowest BCUT2D eigenvalue weighted by Crippen LogP contribution is -2.09. The molecule has 39 heteroatoms. The molecule has 15 aromatic rings. The molecule has 7 aromatic carbocycles. The van der Waals surface area contributed by atoms with Crippen LogP contribution in [0.15, 0.2) is 284 Å². The number of aromatic amines is 2. The van der Waals surface area contributed by atoms with Crippen molar-refractivity contribution in [2.45, 2.75) is 12.3 Å². The van der Waals surface area contributed by atoms with Gasteiger partial charge in [0, 0.05) is 80.8 Å². The largest absolute Gasteiger partial charge is 0.506 e. The van der Waals surface area contributed by atoms with Crippen LogP contribution in [0, 0.1) is 0 Å². The van der Waals surface area contributed by atoms with Gasteiger partial charge in [-0.3, -0.25) is 4.98 Å². The number of phenols is 1. The first-order valence-electron chi connectivity index (χ1n) is 33.1. The molecule has 0 bridgehead atoms. The molecule has 0 atom stereocenters. The van der Waals surface area contributed by atoms with E-state index >= 15 is 0 Å². The van der Waals surface area contributed by atoms with Crippen LogP contribution < -0.4 is 125 Å². The molecule has 115 heavy (non-hydrogen) atoms. The van der Waals surface area contributed by atoms with E-state index < -0.39 is 5.97 Å². The zero-order valence-corrected chi connectivity index (χ0v) is 63.5. The van der Waals surface area contributed by atoms with Crippen LogP contribution in [-0.4, -0.2) is 97.1 Å². The molecule has 0 saturated carbocycles. The lowest BCUT2D eigenvalue weighted by Gasteiger charge is -2.06. The van der Waals surface area contributed by atoms with E-state index in [2.05, 4.69) is 88.0 Å². The van der Waals surface area contributed by atoms with Gasteiger partial charge in [-0.25, -0.2) is 34.4 Å². The monoisotopic (exact) mass is 1590 g/mol. The maximum absolute atomic E-state index is 10.3. The van der Waals surface area contributed by atoms with Crippen LogP contribution in [0.1, 0.15) is 17.8 Å². The van der Waals surface area contributed by atoms with Crippen molar-refractivity contribution in [1.29, 1.82) is 0 Å². The van der Waals surface area contributed by atoms with Crippen molar-refractivity contribution in [1.82, 2.24) is 59.7 Å². The number of nitrogen functional groups attached to an aromatic ring is 19. The summed E-state index contributed by atoms with van der Waals surface area (Å²) in [6.07, 6.45) is 18.5. The molecule has 0 saturated heterocycles. The summed E-state index contributed by atoms with van der Waals surface area (Å²) in [4.78, 5) is 42.9. The molecule has 15 rings (SSSR count). The van der Waals surface area contributed by atoms with Gasteiger partial charge < -0.3 is 150 Å². The summed E-state index contributed by atoms with van der Waals surface area (Å²) in [6.45, 7) is 0. The van der Waals surface area contributed by atoms with Crippen molar-refractivity contribution < 1.29 is 19.4 Å². The molecule has 0 fully saturated rings. The zero-order chi connectivity index (χ0) is 84.6. The first-order chi connectivity index (χ1) is 54.5. The first-order valence-corrected chi connectivity index (χ1v) is 33.5. The van der Waals surface area contributed by atoms with Gasteiger partial charge in [0.2, 0.25) is 11.8 Å². The molecule has 8 heterocycles. The molecule has 0 spiro atoms. The van der Waals surface area contributed by atoms with Gasteiger partial charge in [-0.1, -0.05) is 92.4 Å². The number of nitrogens with zero attached hydrogens (tertiary/aromatic N) is 10. The topological polar surface area (TPSA) is 754 Å². The number of thiol groups is 1. The summed E-state index contributed by atoms with van der Waals surface area (Å²) in [7, 11) is 5.68. The van der Waals surface area contributed by atoms with Gasteiger partial charge >= 0.3 is 5.97 Å². The highest BCUT2D eigenvalue weighted by atomic mass is 32.1. The number of imidazole rings is 3. The summed E-state index contributed by atoms with van der Waals surface area (Å²) < 4.78 is 5.76. The number of fused-ring (bicyclic) bond motifs is 1. The van der Waals surface area contributed by atoms with E-state index in [9.17, 15) is 4.79 Å². The molecule has 0 radical (unpaired) electrons. The third-order valence-corrected chi connectivity index (χ3v) is 13.7. The van der Waals surface area contributed by atoms with Gasteiger partial charge in [0.15, 0.2) is 18.2 Å². The SMILES string of the molecule is C.CNc1ccccc1N.CNc1ccccc1NC.Nc1cccc2[nH]cnc12.Nc1ccccc1C(=O)O.Nc1ccccc1N.Nc1ccccc1O.Nc1ccccc1S.Nc1ccccn1.Nc1cccnc1N.Nc1ccncc1N.Nc1cnncc1N.Nc1ncc[nH]1.Nc1nccn1N.Nc1ncoc1N. The Kier molecular flexibility index (Phi) is 46.7. The van der Waals surface area contributed by atoms with Crippen LogP contribution in [0.3, 0.4) is 0 Å². The minimum Gasteiger partial charge on any atom is -0.506 e. The van der Waals surface area contributed by atoms with Gasteiger partial charge in [-0.2, -0.15) is 15.2 Å². The fraction of sp³-hybridized carbons (Fsp3) is 0.0526. The fourth-order valence-electron chi connectivity index (χ4n) is 7.24. The van der Waals surface area contributed by atoms with Crippen LogP contribution in [0.5, 0.6) is 5.75 Å². The molecule has 38 nitrogen and oxygen atoms in total. The Balaban J connectivity index is 0.000000620. The number of carboxylic acid groups (broad SMARTS) is 1. The lowest BCUT2D eigenvalue weighted by atomic mass is 10.2. The minimum absolute atomic E-state index is 0. The zero-order valence-electron chi connectivity index (χ0n) is 62.6. The molecule has 0 aliphatic heterocycles. The van der Waals surface area contributed by atoms with Gasteiger partial charge in [0.05, 0.1) is 110 Å². The van der Waals surface area contributed by atoms with E-state index in [-0.39, 0.29) is 30.4 Å². The van der Waals surface area contributed by atoms with Crippen LogP contribution in [0.25, 0.3) is 11.0 Å². The van der Waals surface area contributed by atoms with Crippen molar-refractivity contribution in [3.05, 3.63) is 280 Å². The van der Waals surface area contributed by atoms with Crippen molar-refractivity contribution in [3.8, 4) is 5.75 Å². The number of carboxylic acids is 1. The van der Waals surface area contributed by atoms with E-state index in [1.54, 1.807) is 122 Å². The number of aromatic nitrogens is 12. The van der Waals surface area contributed by atoms with E-state index in [1.807, 2.05) is 136 Å². The molecule has 608 valence electrons. The van der Waals surface area contributed by atoms with Crippen molar-refractivity contribution in [3.63, 3.8) is 0 Å². The minimum atomic E-state index is -0.988. The molecular weight excluding hydrogens is 1490 g/mol. The van der Waals surface area contributed by atoms with Crippen molar-refractivity contribution in [2.75, 3.05) is 146 Å². The Hall–Kier alpha value is -16.6. The maximum Gasteiger partial charge on any atom is 0.337 e. The number of pyridine rings is 3. The fourth-order valence-corrected chi connectivity index (χ4v) is 7.40. The Morgan fingerprint density at radius 3 is 1.23 bits per heavy atom. The molecular formula is C76H104N34O4S. The predicted molar refractivity (Wildman–Crippen MR) is 478 cm³/mol. The van der Waals surface area contributed by atoms with Crippen molar-refractivity contribution >= 4 is 150 Å². The average molecular weight is 1590 g/mol. The number of phenolic OH excluding ortho intramolecular Hbond substituents is 1. The number of benzene rings is 7. The van der Waals surface area contributed by atoms with Crippen LogP contribution in [0.2, 0.25) is 0 Å². The van der Waals surface area contributed by atoms with Gasteiger partial charge in [-0.15, -0.1) is 12.6 Å². The maximum atomic E-state index is 10.3. The number of nitrogens with two attached hydrogens (primary N) is 19. The molecule has 0 amide bonds. The Labute approximate surface area is 670 Å². The highest BCUT2D eigenvalue weighted by molar-refractivity contribution is 7.80. The Morgan fingerprint density at radius 1 is 0.426 bits per heavy atom. The summed E-state index contributed by atoms with van der Waals surface area (Å²) in [5, 5.41) is 33.4. The standard InChI is InChI=1S/C8H12N2.C7H7N3.C7H10N2.C7H7NO2.C6H8N2.C6H7NO.C6H7NS.2C5H7N3.C5H6N2.C4H6N4.C3H6N4.C3H5N3O.C3H5N3.CH4/c1-9-7-5-3-4-6-8(7)10-2;8-5-2-1-3-6-7(5)10-4-9-6;1-9-7-5-3-2-4-6(7)8;8-6-4-2-1-3-5(6)7(9)10;3*7-5-3-1-2-4-6(5)8;6-4-1-2-8-3-5(4)7;6-4-2-1-3-8-5(4)7;6-5-3-1-2-4-7-5;5-3-1-7-8-2-4(3)6;4-3-6-1-2-7(3)5;4-2-3(5)7-1-6-2;4-3-5-1-2-6-3;/h3-6,9-10H,1-2H3;1-4H,8H2,(H,9,10);2-5,9H,8H2,1H3;1-4H,8H2,(H,9,10);1-4H,7-8H2;2*1-4,8H,7H2;1-3H,7H2,(H2,6,8);1-3H,6H2,(H2,7,8);1-4H,(H2,6,7);1-2H,(H2,6,7)(H2,5,8);1-2H,5H2,(H2,4,6);1H,4-5H2;1-2H,(H3,4,5,6);1H4. The normalized spacial score (nSPS) is 9.04. The number of anilines is 21. The van der Waals surface area contributed by atoms with Gasteiger partial charge in [0.25, 0.3) is 0 Å². The average Bonchev–Trinajstić information content (AvgIpc) is 1.73. The number of oxazole rings is 1. The molecule has 0 unspecified atom stereocenters. The number of rotatable bonds is 4.